The van der Waals surface area contributed by atoms with Gasteiger partial charge < -0.3 is 0 Å². The van der Waals surface area contributed by atoms with E-state index < -0.39 is 10.0 Å². The lowest BCUT2D eigenvalue weighted by atomic mass is 10.1. The molecule has 0 radical (unpaired) electrons. The minimum Gasteiger partial charge on any atom is -0.249 e. The Labute approximate surface area is 134 Å². The van der Waals surface area contributed by atoms with Gasteiger partial charge in [0.25, 0.3) is 0 Å². The van der Waals surface area contributed by atoms with E-state index in [0.29, 0.717) is 16.3 Å². The van der Waals surface area contributed by atoms with Gasteiger partial charge in [0.2, 0.25) is 10.0 Å². The van der Waals surface area contributed by atoms with Crippen molar-refractivity contribution in [2.45, 2.75) is 15.7 Å². The van der Waals surface area contributed by atoms with Crippen molar-refractivity contribution in [2.75, 3.05) is 14.1 Å². The zero-order chi connectivity index (χ0) is 16.2. The Bertz CT molecular complexity index is 794. The minimum atomic E-state index is -3.45. The van der Waals surface area contributed by atoms with Crippen LogP contribution in [0.2, 0.25) is 0 Å². The molecule has 1 aromatic heterocycles. The molecule has 0 spiro atoms. The second kappa shape index (κ2) is 6.92. The lowest BCUT2D eigenvalue weighted by Crippen LogP contribution is -2.22. The molecule has 0 aliphatic heterocycles. The van der Waals surface area contributed by atoms with E-state index in [9.17, 15) is 8.42 Å². The zero-order valence-corrected chi connectivity index (χ0v) is 13.9. The van der Waals surface area contributed by atoms with E-state index in [1.165, 1.54) is 32.1 Å². The number of benzene rings is 1. The Balaban J connectivity index is 2.11. The number of sulfonamides is 1. The molecule has 0 saturated carbocycles. The van der Waals surface area contributed by atoms with E-state index >= 15 is 0 Å². The Morgan fingerprint density at radius 1 is 1.23 bits per heavy atom. The van der Waals surface area contributed by atoms with Crippen molar-refractivity contribution in [2.24, 2.45) is 0 Å². The van der Waals surface area contributed by atoms with Crippen LogP contribution in [0.4, 0.5) is 0 Å². The molecule has 114 valence electrons. The normalized spacial score (nSPS) is 11.4. The molecule has 0 fully saturated rings. The van der Waals surface area contributed by atoms with Crippen LogP contribution in [0.25, 0.3) is 0 Å². The third-order valence-corrected chi connectivity index (χ3v) is 5.79. The highest BCUT2D eigenvalue weighted by atomic mass is 32.2. The van der Waals surface area contributed by atoms with Crippen molar-refractivity contribution in [3.63, 3.8) is 0 Å². The van der Waals surface area contributed by atoms with Gasteiger partial charge in [-0.05, 0) is 23.8 Å². The van der Waals surface area contributed by atoms with Crippen LogP contribution in [0.1, 0.15) is 11.1 Å². The summed E-state index contributed by atoms with van der Waals surface area (Å²) in [5.74, 6) is 0.608. The summed E-state index contributed by atoms with van der Waals surface area (Å²) in [7, 11) is -0.487. The quantitative estimate of drug-likeness (QED) is 0.786. The Hall–Kier alpha value is -1.88. The molecule has 22 heavy (non-hydrogen) atoms. The van der Waals surface area contributed by atoms with Crippen LogP contribution < -0.4 is 0 Å². The molecule has 2 aromatic rings. The van der Waals surface area contributed by atoms with E-state index in [-0.39, 0.29) is 4.90 Å². The summed E-state index contributed by atoms with van der Waals surface area (Å²) in [4.78, 5) is 4.34. The summed E-state index contributed by atoms with van der Waals surface area (Å²) in [6.45, 7) is 0. The summed E-state index contributed by atoms with van der Waals surface area (Å²) in [6.07, 6.45) is 1.36. The van der Waals surface area contributed by atoms with Gasteiger partial charge in [-0.1, -0.05) is 18.2 Å². The molecule has 5 nitrogen and oxygen atoms in total. The maximum atomic E-state index is 11.9. The van der Waals surface area contributed by atoms with Gasteiger partial charge in [0.05, 0.1) is 16.7 Å². The fourth-order valence-corrected chi connectivity index (χ4v) is 3.42. The van der Waals surface area contributed by atoms with Crippen molar-refractivity contribution in [1.82, 2.24) is 9.29 Å². The molecule has 0 bridgehead atoms. The average Bonchev–Trinajstić information content (AvgIpc) is 2.53. The van der Waals surface area contributed by atoms with Crippen molar-refractivity contribution in [1.29, 1.82) is 5.26 Å². The molecule has 0 amide bonds. The average molecular weight is 333 g/mol. The number of pyridine rings is 1. The van der Waals surface area contributed by atoms with Gasteiger partial charge in [0.15, 0.2) is 0 Å². The van der Waals surface area contributed by atoms with E-state index in [0.717, 1.165) is 9.87 Å². The molecule has 0 aliphatic rings. The summed E-state index contributed by atoms with van der Waals surface area (Å²) >= 11 is 1.46. The summed E-state index contributed by atoms with van der Waals surface area (Å²) < 4.78 is 25.1. The first kappa shape index (κ1) is 16.5. The molecule has 0 atom stereocenters. The molecule has 1 heterocycles. The smallest absolute Gasteiger partial charge is 0.244 e. The number of aromatic nitrogens is 1. The van der Waals surface area contributed by atoms with Gasteiger partial charge in [-0.3, -0.25) is 0 Å². The van der Waals surface area contributed by atoms with Crippen LogP contribution >= 0.6 is 11.8 Å². The largest absolute Gasteiger partial charge is 0.249 e. The summed E-state index contributed by atoms with van der Waals surface area (Å²) in [6, 6.07) is 12.8. The van der Waals surface area contributed by atoms with E-state index in [1.807, 2.05) is 18.2 Å². The Kier molecular flexibility index (Phi) is 5.19. The van der Waals surface area contributed by atoms with Crippen molar-refractivity contribution < 1.29 is 8.42 Å². The number of hydrogen-bond acceptors (Lipinski definition) is 5. The predicted molar refractivity (Wildman–Crippen MR) is 85.8 cm³/mol. The molecule has 2 rings (SSSR count). The van der Waals surface area contributed by atoms with Crippen LogP contribution in [0.15, 0.2) is 52.5 Å². The van der Waals surface area contributed by atoms with E-state index in [2.05, 4.69) is 11.1 Å². The third-order valence-electron chi connectivity index (χ3n) is 3.00. The Morgan fingerprint density at radius 2 is 1.95 bits per heavy atom. The first-order chi connectivity index (χ1) is 10.4. The van der Waals surface area contributed by atoms with Crippen LogP contribution in [0, 0.1) is 11.3 Å². The lowest BCUT2D eigenvalue weighted by Gasteiger charge is -2.11. The van der Waals surface area contributed by atoms with Gasteiger partial charge in [-0.2, -0.15) is 5.26 Å². The number of rotatable bonds is 5. The van der Waals surface area contributed by atoms with Gasteiger partial charge in [-0.25, -0.2) is 17.7 Å². The van der Waals surface area contributed by atoms with Crippen molar-refractivity contribution >= 4 is 21.8 Å². The van der Waals surface area contributed by atoms with Crippen molar-refractivity contribution in [3.05, 3.63) is 53.7 Å². The van der Waals surface area contributed by atoms with Crippen LogP contribution in [0.3, 0.4) is 0 Å². The number of nitriles is 1. The van der Waals surface area contributed by atoms with Crippen LogP contribution in [-0.4, -0.2) is 31.8 Å². The fraction of sp³-hybridized carbons (Fsp3) is 0.200. The van der Waals surface area contributed by atoms with Gasteiger partial charge in [0.1, 0.15) is 4.90 Å². The summed E-state index contributed by atoms with van der Waals surface area (Å²) in [5.41, 5.74) is 1.57. The molecular formula is C15H15N3O2S2. The standard InChI is InChI=1S/C15H15N3O2S2/c1-18(2)22(19,20)14-7-8-15(17-10-14)21-11-13-6-4-3-5-12(13)9-16/h3-8,10H,11H2,1-2H3. The predicted octanol–water partition coefficient (Wildman–Crippen LogP) is 2.50. The molecule has 0 aliphatic carbocycles. The molecule has 0 unspecified atom stereocenters. The first-order valence-corrected chi connectivity index (χ1v) is 8.87. The van der Waals surface area contributed by atoms with E-state index in [1.54, 1.807) is 18.2 Å². The number of nitrogens with zero attached hydrogens (tertiary/aromatic N) is 3. The molecule has 1 aromatic carbocycles. The molecule has 7 heteroatoms. The zero-order valence-electron chi connectivity index (χ0n) is 12.2. The van der Waals surface area contributed by atoms with Gasteiger partial charge in [-0.15, -0.1) is 11.8 Å². The highest BCUT2D eigenvalue weighted by Gasteiger charge is 2.17. The lowest BCUT2D eigenvalue weighted by molar-refractivity contribution is 0.520. The fourth-order valence-electron chi connectivity index (χ4n) is 1.72. The second-order valence-corrected chi connectivity index (χ2v) is 7.82. The number of hydrogen-bond donors (Lipinski definition) is 0. The highest BCUT2D eigenvalue weighted by molar-refractivity contribution is 7.98. The third kappa shape index (κ3) is 3.65. The molecule has 0 saturated heterocycles. The summed E-state index contributed by atoms with van der Waals surface area (Å²) in [5, 5.41) is 9.76. The van der Waals surface area contributed by atoms with Gasteiger partial charge >= 0.3 is 0 Å². The maximum Gasteiger partial charge on any atom is 0.244 e. The topological polar surface area (TPSA) is 74.1 Å². The van der Waals surface area contributed by atoms with Crippen LogP contribution in [-0.2, 0) is 15.8 Å². The Morgan fingerprint density at radius 3 is 2.55 bits per heavy atom. The van der Waals surface area contributed by atoms with Crippen molar-refractivity contribution in [3.8, 4) is 6.07 Å². The maximum absolute atomic E-state index is 11.9. The number of thioether (sulfide) groups is 1. The SMILES string of the molecule is CN(C)S(=O)(=O)c1ccc(SCc2ccccc2C#N)nc1. The highest BCUT2D eigenvalue weighted by Crippen LogP contribution is 2.23. The molecular weight excluding hydrogens is 318 g/mol. The monoisotopic (exact) mass is 333 g/mol. The first-order valence-electron chi connectivity index (χ1n) is 6.44. The second-order valence-electron chi connectivity index (χ2n) is 4.68. The van der Waals surface area contributed by atoms with Crippen LogP contribution in [0.5, 0.6) is 0 Å². The minimum absolute atomic E-state index is 0.166. The van der Waals surface area contributed by atoms with E-state index in [4.69, 9.17) is 5.26 Å². The molecule has 0 N–H and O–H groups in total. The van der Waals surface area contributed by atoms with Gasteiger partial charge in [0, 0.05) is 26.0 Å².